The number of aryl methyl sites for hydroxylation is 1. The van der Waals surface area contributed by atoms with E-state index in [0.717, 1.165) is 11.3 Å². The lowest BCUT2D eigenvalue weighted by atomic mass is 10.0. The summed E-state index contributed by atoms with van der Waals surface area (Å²) >= 11 is 0. The number of nitrogens with zero attached hydrogens (tertiary/aromatic N) is 5. The predicted octanol–water partition coefficient (Wildman–Crippen LogP) is 0.137. The maximum Gasteiger partial charge on any atom is 0.363 e. The van der Waals surface area contributed by atoms with Crippen molar-refractivity contribution in [2.45, 2.75) is 26.3 Å². The van der Waals surface area contributed by atoms with Crippen molar-refractivity contribution in [2.75, 3.05) is 0 Å². The molecule has 0 radical (unpaired) electrons. The molecule has 0 spiro atoms. The lowest BCUT2D eigenvalue weighted by Gasteiger charge is -2.02. The van der Waals surface area contributed by atoms with Crippen molar-refractivity contribution in [3.8, 4) is 0 Å². The van der Waals surface area contributed by atoms with Gasteiger partial charge in [0.1, 0.15) is 12.0 Å². The molecule has 0 bridgehead atoms. The summed E-state index contributed by atoms with van der Waals surface area (Å²) in [6.07, 6.45) is 1.60. The number of hydrogen-bond donors (Lipinski definition) is 0. The van der Waals surface area contributed by atoms with Crippen molar-refractivity contribution >= 4 is 0 Å². The lowest BCUT2D eigenvalue weighted by Crippen LogP contribution is -2.24. The fourth-order valence-corrected chi connectivity index (χ4v) is 1.45. The standard InChI is InChI=1S/C9H13N5O2/c1-6(2)7-5-16-10-8(7)4-14-9(15)13(3)11-12-14/h5-6H,4H2,1-3H3. The van der Waals surface area contributed by atoms with E-state index in [4.69, 9.17) is 4.52 Å². The first-order valence-corrected chi connectivity index (χ1v) is 4.99. The molecule has 86 valence electrons. The molecule has 16 heavy (non-hydrogen) atoms. The molecule has 0 amide bonds. The molecule has 0 N–H and O–H groups in total. The van der Waals surface area contributed by atoms with Gasteiger partial charge in [0.15, 0.2) is 0 Å². The minimum atomic E-state index is -0.266. The Morgan fingerprint density at radius 3 is 2.75 bits per heavy atom. The molecule has 0 aliphatic carbocycles. The van der Waals surface area contributed by atoms with E-state index in [1.807, 2.05) is 13.8 Å². The SMILES string of the molecule is CC(C)c1conc1Cn1nnn(C)c1=O. The van der Waals surface area contributed by atoms with Gasteiger partial charge in [0, 0.05) is 12.6 Å². The number of hydrogen-bond acceptors (Lipinski definition) is 5. The van der Waals surface area contributed by atoms with Crippen molar-refractivity contribution in [1.82, 2.24) is 24.9 Å². The number of tetrazole rings is 1. The fourth-order valence-electron chi connectivity index (χ4n) is 1.45. The van der Waals surface area contributed by atoms with E-state index in [9.17, 15) is 4.79 Å². The highest BCUT2D eigenvalue weighted by Crippen LogP contribution is 2.18. The molecule has 0 aromatic carbocycles. The molecule has 0 unspecified atom stereocenters. The molecule has 0 aliphatic rings. The van der Waals surface area contributed by atoms with Crippen LogP contribution in [0.4, 0.5) is 0 Å². The van der Waals surface area contributed by atoms with Gasteiger partial charge in [-0.25, -0.2) is 4.79 Å². The minimum absolute atomic E-state index is 0.266. The maximum atomic E-state index is 11.5. The fraction of sp³-hybridized carbons (Fsp3) is 0.556. The van der Waals surface area contributed by atoms with Gasteiger partial charge in [0.05, 0.1) is 6.54 Å². The van der Waals surface area contributed by atoms with E-state index in [0.29, 0.717) is 5.92 Å². The normalized spacial score (nSPS) is 11.2. The van der Waals surface area contributed by atoms with Gasteiger partial charge >= 0.3 is 5.69 Å². The maximum absolute atomic E-state index is 11.5. The lowest BCUT2D eigenvalue weighted by molar-refractivity contribution is 0.406. The number of aromatic nitrogens is 5. The summed E-state index contributed by atoms with van der Waals surface area (Å²) in [5.41, 5.74) is 1.44. The van der Waals surface area contributed by atoms with Gasteiger partial charge in [0.25, 0.3) is 0 Å². The van der Waals surface area contributed by atoms with Crippen molar-refractivity contribution in [1.29, 1.82) is 0 Å². The highest BCUT2D eigenvalue weighted by atomic mass is 16.5. The van der Waals surface area contributed by atoms with Crippen LogP contribution in [0.5, 0.6) is 0 Å². The largest absolute Gasteiger partial charge is 0.364 e. The van der Waals surface area contributed by atoms with E-state index in [1.165, 1.54) is 9.36 Å². The molecule has 2 aromatic rings. The van der Waals surface area contributed by atoms with Crippen molar-refractivity contribution < 1.29 is 4.52 Å². The van der Waals surface area contributed by atoms with Crippen LogP contribution in [0.1, 0.15) is 31.0 Å². The molecule has 0 saturated carbocycles. The molecule has 0 atom stereocenters. The zero-order chi connectivity index (χ0) is 11.7. The second kappa shape index (κ2) is 3.92. The Kier molecular flexibility index (Phi) is 2.59. The van der Waals surface area contributed by atoms with E-state index in [1.54, 1.807) is 13.3 Å². The van der Waals surface area contributed by atoms with Crippen LogP contribution in [0.25, 0.3) is 0 Å². The van der Waals surface area contributed by atoms with E-state index >= 15 is 0 Å². The first-order valence-electron chi connectivity index (χ1n) is 4.99. The van der Waals surface area contributed by atoms with Gasteiger partial charge in [-0.1, -0.05) is 19.0 Å². The van der Waals surface area contributed by atoms with Crippen LogP contribution in [0.3, 0.4) is 0 Å². The van der Waals surface area contributed by atoms with E-state index in [2.05, 4.69) is 15.6 Å². The third-order valence-electron chi connectivity index (χ3n) is 2.38. The average molecular weight is 223 g/mol. The van der Waals surface area contributed by atoms with Gasteiger partial charge in [-0.05, 0) is 16.3 Å². The quantitative estimate of drug-likeness (QED) is 0.739. The summed E-state index contributed by atoms with van der Waals surface area (Å²) in [4.78, 5) is 11.5. The molecule has 2 heterocycles. The number of rotatable bonds is 3. The Morgan fingerprint density at radius 1 is 1.44 bits per heavy atom. The molecule has 0 aliphatic heterocycles. The Hall–Kier alpha value is -1.92. The van der Waals surface area contributed by atoms with Crippen LogP contribution in [0, 0.1) is 0 Å². The molecular formula is C9H13N5O2. The summed E-state index contributed by atoms with van der Waals surface area (Å²) in [5, 5.41) is 11.2. The molecule has 2 rings (SSSR count). The first kappa shape index (κ1) is 10.6. The van der Waals surface area contributed by atoms with Gasteiger partial charge in [0.2, 0.25) is 0 Å². The smallest absolute Gasteiger partial charge is 0.363 e. The molecule has 7 nitrogen and oxygen atoms in total. The van der Waals surface area contributed by atoms with Crippen LogP contribution >= 0.6 is 0 Å². The Balaban J connectivity index is 2.31. The second-order valence-corrected chi connectivity index (χ2v) is 3.91. The first-order chi connectivity index (χ1) is 7.59. The van der Waals surface area contributed by atoms with Gasteiger partial charge < -0.3 is 4.52 Å². The van der Waals surface area contributed by atoms with Crippen LogP contribution in [-0.4, -0.2) is 24.9 Å². The highest BCUT2D eigenvalue weighted by molar-refractivity contribution is 5.18. The van der Waals surface area contributed by atoms with Gasteiger partial charge in [-0.2, -0.15) is 9.36 Å². The monoisotopic (exact) mass is 223 g/mol. The summed E-state index contributed by atoms with van der Waals surface area (Å²) in [6.45, 7) is 4.36. The molecule has 2 aromatic heterocycles. The van der Waals surface area contributed by atoms with Gasteiger partial charge in [-0.3, -0.25) is 0 Å². The van der Waals surface area contributed by atoms with Crippen molar-refractivity contribution in [2.24, 2.45) is 7.05 Å². The van der Waals surface area contributed by atoms with Crippen molar-refractivity contribution in [3.63, 3.8) is 0 Å². The summed E-state index contributed by atoms with van der Waals surface area (Å²) < 4.78 is 7.33. The third kappa shape index (κ3) is 1.75. The van der Waals surface area contributed by atoms with E-state index in [-0.39, 0.29) is 12.2 Å². The predicted molar refractivity (Wildman–Crippen MR) is 55.0 cm³/mol. The summed E-state index contributed by atoms with van der Waals surface area (Å²) in [7, 11) is 1.55. The zero-order valence-electron chi connectivity index (χ0n) is 9.41. The average Bonchev–Trinajstić information content (AvgIpc) is 2.80. The second-order valence-electron chi connectivity index (χ2n) is 3.91. The molecule has 0 saturated heterocycles. The summed E-state index contributed by atoms with van der Waals surface area (Å²) in [6, 6.07) is 0. The Bertz CT molecular complexity index is 536. The van der Waals surface area contributed by atoms with Crippen LogP contribution < -0.4 is 5.69 Å². The molecule has 7 heteroatoms. The van der Waals surface area contributed by atoms with Crippen LogP contribution in [-0.2, 0) is 13.6 Å². The summed E-state index contributed by atoms with van der Waals surface area (Å²) in [5.74, 6) is 0.300. The van der Waals surface area contributed by atoms with Crippen LogP contribution in [0.15, 0.2) is 15.6 Å². The Morgan fingerprint density at radius 2 is 2.19 bits per heavy atom. The zero-order valence-corrected chi connectivity index (χ0v) is 9.41. The minimum Gasteiger partial charge on any atom is -0.364 e. The Labute approximate surface area is 91.6 Å². The van der Waals surface area contributed by atoms with E-state index < -0.39 is 0 Å². The molecular weight excluding hydrogens is 210 g/mol. The van der Waals surface area contributed by atoms with Crippen molar-refractivity contribution in [3.05, 3.63) is 28.0 Å². The van der Waals surface area contributed by atoms with Gasteiger partial charge in [-0.15, -0.1) is 0 Å². The molecule has 0 fully saturated rings. The third-order valence-corrected chi connectivity index (χ3v) is 2.38. The highest BCUT2D eigenvalue weighted by Gasteiger charge is 2.14. The van der Waals surface area contributed by atoms with Crippen LogP contribution in [0.2, 0.25) is 0 Å². The topological polar surface area (TPSA) is 78.7 Å².